The molecular weight excluding hydrogens is 329 g/mol. The maximum Gasteiger partial charge on any atom is 0.355 e. The van der Waals surface area contributed by atoms with Crippen molar-refractivity contribution in [3.63, 3.8) is 0 Å². The maximum atomic E-state index is 11.9. The molecule has 1 rings (SSSR count). The topological polar surface area (TPSA) is 59.1 Å². The lowest BCUT2D eigenvalue weighted by atomic mass is 10.5. The molecule has 1 N–H and O–H groups in total. The van der Waals surface area contributed by atoms with E-state index in [1.807, 2.05) is 22.6 Å². The minimum absolute atomic E-state index is 0.120. The van der Waals surface area contributed by atoms with E-state index >= 15 is 0 Å². The number of aromatic nitrogens is 1. The van der Waals surface area contributed by atoms with Crippen LogP contribution < -0.4 is 4.72 Å². The fraction of sp³-hybridized carbons (Fsp3) is 0.167. The number of alkyl halides is 2. The fourth-order valence-electron chi connectivity index (χ4n) is 0.626. The van der Waals surface area contributed by atoms with Crippen LogP contribution in [0.4, 0.5) is 14.6 Å². The highest BCUT2D eigenvalue weighted by molar-refractivity contribution is 14.1. The largest absolute Gasteiger partial charge is 0.355 e. The summed E-state index contributed by atoms with van der Waals surface area (Å²) >= 11 is 1.96. The Morgan fingerprint density at radius 2 is 2.07 bits per heavy atom. The number of anilines is 1. The Labute approximate surface area is 92.9 Å². The van der Waals surface area contributed by atoms with E-state index < -0.39 is 15.8 Å². The predicted octanol–water partition coefficient (Wildman–Crippen LogP) is 1.65. The van der Waals surface area contributed by atoms with Gasteiger partial charge in [-0.15, -0.1) is 0 Å². The molecule has 0 radical (unpaired) electrons. The summed E-state index contributed by atoms with van der Waals surface area (Å²) in [6, 6.07) is 2.86. The van der Waals surface area contributed by atoms with Gasteiger partial charge in [-0.25, -0.2) is 13.4 Å². The number of pyridine rings is 1. The molecule has 0 atom stereocenters. The molecule has 78 valence electrons. The van der Waals surface area contributed by atoms with Crippen molar-refractivity contribution in [1.82, 2.24) is 4.98 Å². The van der Waals surface area contributed by atoms with Crippen molar-refractivity contribution in [3.8, 4) is 0 Å². The average molecular weight is 334 g/mol. The molecule has 0 unspecified atom stereocenters. The molecular formula is C6H5F2IN2O2S. The minimum atomic E-state index is -4.61. The van der Waals surface area contributed by atoms with Crippen molar-refractivity contribution < 1.29 is 17.2 Å². The molecule has 8 heteroatoms. The zero-order chi connectivity index (χ0) is 10.8. The Kier molecular flexibility index (Phi) is 3.59. The summed E-state index contributed by atoms with van der Waals surface area (Å²) in [7, 11) is -4.61. The summed E-state index contributed by atoms with van der Waals surface area (Å²) in [6.45, 7) is 0. The Balaban J connectivity index is 2.85. The van der Waals surface area contributed by atoms with Gasteiger partial charge < -0.3 is 0 Å². The van der Waals surface area contributed by atoms with Gasteiger partial charge in [-0.3, -0.25) is 4.72 Å². The van der Waals surface area contributed by atoms with Gasteiger partial charge in [0.15, 0.2) is 0 Å². The maximum absolute atomic E-state index is 11.9. The van der Waals surface area contributed by atoms with E-state index in [2.05, 4.69) is 4.98 Å². The van der Waals surface area contributed by atoms with Gasteiger partial charge in [0.25, 0.3) is 10.0 Å². The van der Waals surface area contributed by atoms with Crippen molar-refractivity contribution in [2.45, 2.75) is 5.76 Å². The van der Waals surface area contributed by atoms with Crippen LogP contribution in [0.5, 0.6) is 0 Å². The molecule has 0 aromatic carbocycles. The summed E-state index contributed by atoms with van der Waals surface area (Å²) < 4.78 is 47.6. The Bertz CT molecular complexity index is 406. The van der Waals surface area contributed by atoms with Crippen LogP contribution in [0, 0.1) is 3.57 Å². The molecule has 14 heavy (non-hydrogen) atoms. The van der Waals surface area contributed by atoms with Gasteiger partial charge in [-0.1, -0.05) is 0 Å². The van der Waals surface area contributed by atoms with E-state index in [4.69, 9.17) is 0 Å². The van der Waals surface area contributed by atoms with E-state index in [0.29, 0.717) is 0 Å². The molecule has 0 aliphatic heterocycles. The minimum Gasteiger partial charge on any atom is -0.263 e. The lowest BCUT2D eigenvalue weighted by Gasteiger charge is -2.05. The Hall–Kier alpha value is -0.510. The second kappa shape index (κ2) is 4.34. The molecule has 0 saturated heterocycles. The molecule has 0 amide bonds. The highest BCUT2D eigenvalue weighted by Crippen LogP contribution is 2.12. The van der Waals surface area contributed by atoms with Crippen LogP contribution in [0.15, 0.2) is 18.3 Å². The normalized spacial score (nSPS) is 11.7. The molecule has 0 aliphatic carbocycles. The first kappa shape index (κ1) is 11.6. The molecule has 0 aliphatic rings. The molecule has 4 nitrogen and oxygen atoms in total. The summed E-state index contributed by atoms with van der Waals surface area (Å²) in [4.78, 5) is 3.61. The van der Waals surface area contributed by atoms with Gasteiger partial charge in [-0.05, 0) is 34.7 Å². The van der Waals surface area contributed by atoms with Gasteiger partial charge in [0.2, 0.25) is 0 Å². The monoisotopic (exact) mass is 334 g/mol. The van der Waals surface area contributed by atoms with Crippen LogP contribution in [0.1, 0.15) is 0 Å². The summed E-state index contributed by atoms with van der Waals surface area (Å²) in [5, 5.41) is 0. The number of hydrogen-bond acceptors (Lipinski definition) is 3. The highest BCUT2D eigenvalue weighted by Gasteiger charge is 2.23. The number of nitrogens with one attached hydrogen (secondary N) is 1. The second-order valence-corrected chi connectivity index (χ2v) is 5.17. The average Bonchev–Trinajstić information content (AvgIpc) is 2.08. The smallest absolute Gasteiger partial charge is 0.263 e. The molecule has 0 spiro atoms. The molecule has 0 fully saturated rings. The van der Waals surface area contributed by atoms with E-state index in [9.17, 15) is 17.2 Å². The van der Waals surface area contributed by atoms with Crippen molar-refractivity contribution in [2.75, 3.05) is 4.72 Å². The zero-order valence-electron chi connectivity index (χ0n) is 6.62. The van der Waals surface area contributed by atoms with Crippen LogP contribution in [0.25, 0.3) is 0 Å². The first-order chi connectivity index (χ1) is 6.42. The van der Waals surface area contributed by atoms with Crippen LogP contribution in [-0.2, 0) is 10.0 Å². The Morgan fingerprint density at radius 3 is 2.50 bits per heavy atom. The second-order valence-electron chi connectivity index (χ2n) is 2.27. The van der Waals surface area contributed by atoms with Crippen molar-refractivity contribution >= 4 is 38.4 Å². The van der Waals surface area contributed by atoms with Gasteiger partial charge >= 0.3 is 5.76 Å². The summed E-state index contributed by atoms with van der Waals surface area (Å²) in [6.07, 6.45) is 1.36. The lowest BCUT2D eigenvalue weighted by molar-refractivity contribution is 0.236. The summed E-state index contributed by atoms with van der Waals surface area (Å²) in [5.74, 6) is -3.57. The molecule has 1 aromatic heterocycles. The molecule has 0 bridgehead atoms. The third-order valence-electron chi connectivity index (χ3n) is 1.21. The van der Waals surface area contributed by atoms with Crippen LogP contribution in [0.2, 0.25) is 0 Å². The third-order valence-corrected chi connectivity index (χ3v) is 2.81. The Morgan fingerprint density at radius 1 is 1.43 bits per heavy atom. The van der Waals surface area contributed by atoms with Gasteiger partial charge in [0.05, 0.1) is 0 Å². The van der Waals surface area contributed by atoms with Crippen LogP contribution in [-0.4, -0.2) is 19.2 Å². The van der Waals surface area contributed by atoms with Gasteiger partial charge in [-0.2, -0.15) is 8.78 Å². The van der Waals surface area contributed by atoms with Crippen LogP contribution in [0.3, 0.4) is 0 Å². The zero-order valence-corrected chi connectivity index (χ0v) is 9.59. The van der Waals surface area contributed by atoms with Crippen molar-refractivity contribution in [1.29, 1.82) is 0 Å². The van der Waals surface area contributed by atoms with Crippen molar-refractivity contribution in [3.05, 3.63) is 21.9 Å². The number of rotatable bonds is 3. The number of halogens is 3. The third kappa shape index (κ3) is 3.01. The van der Waals surface area contributed by atoms with E-state index in [-0.39, 0.29) is 5.82 Å². The fourth-order valence-corrected chi connectivity index (χ4v) is 1.45. The van der Waals surface area contributed by atoms with E-state index in [0.717, 1.165) is 3.57 Å². The SMILES string of the molecule is O=S(=O)(Nc1ccc(I)cn1)C(F)F. The summed E-state index contributed by atoms with van der Waals surface area (Å²) in [5.41, 5.74) is 0. The molecule has 1 aromatic rings. The first-order valence-electron chi connectivity index (χ1n) is 3.33. The predicted molar refractivity (Wildman–Crippen MR) is 55.5 cm³/mol. The van der Waals surface area contributed by atoms with Gasteiger partial charge in [0, 0.05) is 9.77 Å². The number of hydrogen-bond donors (Lipinski definition) is 1. The lowest BCUT2D eigenvalue weighted by Crippen LogP contribution is -2.21. The molecule has 0 saturated carbocycles. The van der Waals surface area contributed by atoms with Gasteiger partial charge in [0.1, 0.15) is 5.82 Å². The number of sulfonamides is 1. The number of nitrogens with zero attached hydrogens (tertiary/aromatic N) is 1. The quantitative estimate of drug-likeness (QED) is 0.856. The molecule has 1 heterocycles. The van der Waals surface area contributed by atoms with E-state index in [1.165, 1.54) is 12.3 Å². The first-order valence-corrected chi connectivity index (χ1v) is 5.95. The van der Waals surface area contributed by atoms with E-state index in [1.54, 1.807) is 10.8 Å². The van der Waals surface area contributed by atoms with Crippen molar-refractivity contribution in [2.24, 2.45) is 0 Å². The van der Waals surface area contributed by atoms with Crippen LogP contribution >= 0.6 is 22.6 Å². The highest BCUT2D eigenvalue weighted by atomic mass is 127. The standard InChI is InChI=1S/C6H5F2IN2O2S/c7-6(8)14(12,13)11-5-2-1-4(9)3-10-5/h1-3,6H,(H,10,11).